The standard InChI is InChI=1S/C29H38N4O2/c34-28(22-31-20-15-26(16-21-31)32-17-5-1-6-18-32)30-25-13-11-24(12-14-25)29(35)33-19-7-4-9-23-8-2-3-10-27(23)33/h2-3,8,10-14,26H,1,4-7,9,15-22H2,(H,30,34). The molecule has 0 saturated carbocycles. The van der Waals surface area contributed by atoms with Crippen molar-refractivity contribution in [1.29, 1.82) is 0 Å². The van der Waals surface area contributed by atoms with Crippen LogP contribution in [0.15, 0.2) is 48.5 Å². The summed E-state index contributed by atoms with van der Waals surface area (Å²) in [5.41, 5.74) is 3.66. The highest BCUT2D eigenvalue weighted by atomic mass is 16.2. The molecule has 0 radical (unpaired) electrons. The topological polar surface area (TPSA) is 55.9 Å². The maximum Gasteiger partial charge on any atom is 0.258 e. The Balaban J connectivity index is 1.13. The molecule has 35 heavy (non-hydrogen) atoms. The molecule has 0 unspecified atom stereocenters. The molecule has 0 atom stereocenters. The van der Waals surface area contributed by atoms with Crippen molar-refractivity contribution in [2.75, 3.05) is 49.5 Å². The molecule has 186 valence electrons. The number of amides is 2. The molecule has 2 aromatic rings. The largest absolute Gasteiger partial charge is 0.325 e. The van der Waals surface area contributed by atoms with E-state index < -0.39 is 0 Å². The zero-order chi connectivity index (χ0) is 24.0. The van der Waals surface area contributed by atoms with E-state index in [0.717, 1.165) is 63.1 Å². The molecule has 5 rings (SSSR count). The van der Waals surface area contributed by atoms with Gasteiger partial charge in [0, 0.05) is 42.6 Å². The summed E-state index contributed by atoms with van der Waals surface area (Å²) < 4.78 is 0. The minimum absolute atomic E-state index is 0.0157. The van der Waals surface area contributed by atoms with Gasteiger partial charge >= 0.3 is 0 Å². The fourth-order valence-electron chi connectivity index (χ4n) is 5.88. The van der Waals surface area contributed by atoms with Gasteiger partial charge in [0.2, 0.25) is 5.91 Å². The zero-order valence-electron chi connectivity index (χ0n) is 20.8. The number of rotatable bonds is 5. The summed E-state index contributed by atoms with van der Waals surface area (Å²) >= 11 is 0. The van der Waals surface area contributed by atoms with E-state index in [4.69, 9.17) is 0 Å². The molecule has 0 bridgehead atoms. The van der Waals surface area contributed by atoms with Gasteiger partial charge in [-0.05, 0) is 93.9 Å². The summed E-state index contributed by atoms with van der Waals surface area (Å²) in [5, 5.41) is 3.02. The van der Waals surface area contributed by atoms with Crippen molar-refractivity contribution < 1.29 is 9.59 Å². The molecule has 3 aliphatic heterocycles. The predicted octanol–water partition coefficient (Wildman–Crippen LogP) is 4.56. The number of para-hydroxylation sites is 1. The van der Waals surface area contributed by atoms with Gasteiger partial charge in [-0.3, -0.25) is 14.5 Å². The Labute approximate surface area is 209 Å². The van der Waals surface area contributed by atoms with E-state index in [1.807, 2.05) is 47.4 Å². The number of carbonyl (C=O) groups is 2. The summed E-state index contributed by atoms with van der Waals surface area (Å²) in [4.78, 5) is 32.8. The number of carbonyl (C=O) groups excluding carboxylic acids is 2. The Bertz CT molecular complexity index is 1010. The molecule has 6 nitrogen and oxygen atoms in total. The normalized spacial score (nSPS) is 20.2. The van der Waals surface area contributed by atoms with E-state index >= 15 is 0 Å². The maximum atomic E-state index is 13.3. The van der Waals surface area contributed by atoms with E-state index in [1.165, 1.54) is 37.9 Å². The number of hydrogen-bond acceptors (Lipinski definition) is 4. The van der Waals surface area contributed by atoms with Crippen LogP contribution in [0.2, 0.25) is 0 Å². The van der Waals surface area contributed by atoms with E-state index in [0.29, 0.717) is 18.2 Å². The minimum Gasteiger partial charge on any atom is -0.325 e. The summed E-state index contributed by atoms with van der Waals surface area (Å²) in [5.74, 6) is 0.0377. The van der Waals surface area contributed by atoms with Gasteiger partial charge in [0.1, 0.15) is 0 Å². The molecule has 3 aliphatic rings. The van der Waals surface area contributed by atoms with Crippen LogP contribution in [0.5, 0.6) is 0 Å². The molecule has 6 heteroatoms. The van der Waals surface area contributed by atoms with Crippen LogP contribution in [-0.2, 0) is 11.2 Å². The Morgan fingerprint density at radius 1 is 0.800 bits per heavy atom. The SMILES string of the molecule is O=C(CN1CCC(N2CCCCC2)CC1)Nc1ccc(C(=O)N2CCCCc3ccccc32)cc1. The van der Waals surface area contributed by atoms with Crippen molar-refractivity contribution in [3.63, 3.8) is 0 Å². The second-order valence-corrected chi connectivity index (χ2v) is 10.3. The first-order chi connectivity index (χ1) is 17.2. The fraction of sp³-hybridized carbons (Fsp3) is 0.517. The molecular weight excluding hydrogens is 436 g/mol. The highest BCUT2D eigenvalue weighted by Gasteiger charge is 2.26. The van der Waals surface area contributed by atoms with Gasteiger partial charge in [-0.25, -0.2) is 0 Å². The lowest BCUT2D eigenvalue weighted by atomic mass is 10.00. The number of benzene rings is 2. The van der Waals surface area contributed by atoms with Crippen molar-refractivity contribution in [2.24, 2.45) is 0 Å². The average Bonchev–Trinajstić information content (AvgIpc) is 3.12. The second-order valence-electron chi connectivity index (χ2n) is 10.3. The highest BCUT2D eigenvalue weighted by Crippen LogP contribution is 2.28. The first kappa shape index (κ1) is 24.0. The molecule has 1 N–H and O–H groups in total. The summed E-state index contributed by atoms with van der Waals surface area (Å²) in [6.07, 6.45) is 9.47. The van der Waals surface area contributed by atoms with Crippen molar-refractivity contribution >= 4 is 23.2 Å². The molecule has 0 spiro atoms. The lowest BCUT2D eigenvalue weighted by Crippen LogP contribution is -2.48. The van der Waals surface area contributed by atoms with Gasteiger partial charge in [0.05, 0.1) is 6.54 Å². The molecule has 0 aliphatic carbocycles. The molecule has 0 aromatic heterocycles. The van der Waals surface area contributed by atoms with Gasteiger partial charge in [0.25, 0.3) is 5.91 Å². The number of fused-ring (bicyclic) bond motifs is 1. The van der Waals surface area contributed by atoms with Crippen LogP contribution in [-0.4, -0.2) is 66.9 Å². The first-order valence-corrected chi connectivity index (χ1v) is 13.4. The number of piperidine rings is 2. The number of hydrogen-bond donors (Lipinski definition) is 1. The van der Waals surface area contributed by atoms with E-state index in [-0.39, 0.29) is 11.8 Å². The van der Waals surface area contributed by atoms with Crippen LogP contribution in [0.25, 0.3) is 0 Å². The third kappa shape index (κ3) is 5.93. The third-order valence-corrected chi connectivity index (χ3v) is 7.85. The molecule has 3 heterocycles. The molecular formula is C29H38N4O2. The lowest BCUT2D eigenvalue weighted by Gasteiger charge is -2.40. The van der Waals surface area contributed by atoms with Gasteiger partial charge < -0.3 is 15.1 Å². The predicted molar refractivity (Wildman–Crippen MR) is 141 cm³/mol. The second kappa shape index (κ2) is 11.4. The van der Waals surface area contributed by atoms with E-state index in [9.17, 15) is 9.59 Å². The van der Waals surface area contributed by atoms with Gasteiger partial charge in [-0.15, -0.1) is 0 Å². The molecule has 2 aromatic carbocycles. The van der Waals surface area contributed by atoms with E-state index in [1.54, 1.807) is 0 Å². The van der Waals surface area contributed by atoms with Crippen molar-refractivity contribution in [3.05, 3.63) is 59.7 Å². The van der Waals surface area contributed by atoms with Crippen molar-refractivity contribution in [3.8, 4) is 0 Å². The smallest absolute Gasteiger partial charge is 0.258 e. The number of likely N-dealkylation sites (tertiary alicyclic amines) is 2. The van der Waals surface area contributed by atoms with Crippen LogP contribution in [0.4, 0.5) is 11.4 Å². The quantitative estimate of drug-likeness (QED) is 0.690. The molecule has 2 amide bonds. The highest BCUT2D eigenvalue weighted by molar-refractivity contribution is 6.07. The number of nitrogens with zero attached hydrogens (tertiary/aromatic N) is 3. The molecule has 2 fully saturated rings. The van der Waals surface area contributed by atoms with Gasteiger partial charge in [-0.2, -0.15) is 0 Å². The van der Waals surface area contributed by atoms with Crippen LogP contribution < -0.4 is 10.2 Å². The Morgan fingerprint density at radius 2 is 1.51 bits per heavy atom. The summed E-state index contributed by atoms with van der Waals surface area (Å²) in [7, 11) is 0. The van der Waals surface area contributed by atoms with Gasteiger partial charge in [0.15, 0.2) is 0 Å². The number of nitrogens with one attached hydrogen (secondary N) is 1. The van der Waals surface area contributed by atoms with Crippen molar-refractivity contribution in [2.45, 2.75) is 57.4 Å². The summed E-state index contributed by atoms with van der Waals surface area (Å²) in [6, 6.07) is 16.2. The zero-order valence-corrected chi connectivity index (χ0v) is 20.8. The van der Waals surface area contributed by atoms with Crippen molar-refractivity contribution in [1.82, 2.24) is 9.80 Å². The Morgan fingerprint density at radius 3 is 2.29 bits per heavy atom. The fourth-order valence-corrected chi connectivity index (χ4v) is 5.88. The van der Waals surface area contributed by atoms with Crippen LogP contribution in [0, 0.1) is 0 Å². The average molecular weight is 475 g/mol. The monoisotopic (exact) mass is 474 g/mol. The summed E-state index contributed by atoms with van der Waals surface area (Å²) in [6.45, 7) is 5.63. The van der Waals surface area contributed by atoms with Gasteiger partial charge in [-0.1, -0.05) is 24.6 Å². The first-order valence-electron chi connectivity index (χ1n) is 13.4. The van der Waals surface area contributed by atoms with Crippen LogP contribution in [0.1, 0.15) is 60.9 Å². The third-order valence-electron chi connectivity index (χ3n) is 7.85. The Kier molecular flexibility index (Phi) is 7.79. The number of aryl methyl sites for hydroxylation is 1. The van der Waals surface area contributed by atoms with Crippen LogP contribution in [0.3, 0.4) is 0 Å². The van der Waals surface area contributed by atoms with E-state index in [2.05, 4.69) is 21.2 Å². The van der Waals surface area contributed by atoms with Crippen LogP contribution >= 0.6 is 0 Å². The lowest BCUT2D eigenvalue weighted by molar-refractivity contribution is -0.117. The Hall–Kier alpha value is -2.70. The minimum atomic E-state index is 0.0157. The number of anilines is 2. The molecule has 2 saturated heterocycles. The maximum absolute atomic E-state index is 13.3.